The number of benzene rings is 1. The molecule has 2 atom stereocenters. The van der Waals surface area contributed by atoms with Crippen molar-refractivity contribution >= 4 is 0 Å². The maximum atomic E-state index is 6.05. The fourth-order valence-electron chi connectivity index (χ4n) is 3.45. The molecule has 0 amide bonds. The molecular formula is C18H29NO. The Morgan fingerprint density at radius 3 is 2.65 bits per heavy atom. The zero-order valence-electron chi connectivity index (χ0n) is 13.2. The molecule has 2 unspecified atom stereocenters. The van der Waals surface area contributed by atoms with Crippen molar-refractivity contribution in [2.24, 2.45) is 5.92 Å². The summed E-state index contributed by atoms with van der Waals surface area (Å²) in [5, 5.41) is 3.38. The molecule has 1 aliphatic carbocycles. The van der Waals surface area contributed by atoms with Crippen LogP contribution in [0.15, 0.2) is 24.3 Å². The smallest absolute Gasteiger partial charge is 0.123 e. The van der Waals surface area contributed by atoms with E-state index in [4.69, 9.17) is 4.74 Å². The van der Waals surface area contributed by atoms with Crippen LogP contribution in [0.3, 0.4) is 0 Å². The van der Waals surface area contributed by atoms with Gasteiger partial charge in [0.05, 0.1) is 6.10 Å². The first-order chi connectivity index (χ1) is 9.72. The highest BCUT2D eigenvalue weighted by atomic mass is 16.5. The summed E-state index contributed by atoms with van der Waals surface area (Å²) < 4.78 is 6.05. The van der Waals surface area contributed by atoms with Crippen molar-refractivity contribution in [2.75, 3.05) is 13.6 Å². The third kappa shape index (κ3) is 3.99. The Bertz CT molecular complexity index is 402. The lowest BCUT2D eigenvalue weighted by Gasteiger charge is -2.27. The van der Waals surface area contributed by atoms with Crippen LogP contribution in [-0.2, 0) is 0 Å². The van der Waals surface area contributed by atoms with E-state index in [1.807, 2.05) is 0 Å². The summed E-state index contributed by atoms with van der Waals surface area (Å²) in [5.41, 5.74) is 1.42. The molecule has 112 valence electrons. The summed E-state index contributed by atoms with van der Waals surface area (Å²) in [6.07, 6.45) is 6.97. The quantitative estimate of drug-likeness (QED) is 0.806. The van der Waals surface area contributed by atoms with Gasteiger partial charge >= 0.3 is 0 Å². The van der Waals surface area contributed by atoms with E-state index in [2.05, 4.69) is 50.5 Å². The predicted octanol–water partition coefficient (Wildman–Crippen LogP) is 4.36. The summed E-state index contributed by atoms with van der Waals surface area (Å²) in [7, 11) is 2.07. The van der Waals surface area contributed by atoms with Gasteiger partial charge in [-0.3, -0.25) is 0 Å². The summed E-state index contributed by atoms with van der Waals surface area (Å²) >= 11 is 0. The third-order valence-electron chi connectivity index (χ3n) is 4.31. The molecule has 1 saturated carbocycles. The SMILES string of the molecule is CNCC1CCCCCC1c1ccccc1OC(C)C. The number of hydrogen-bond donors (Lipinski definition) is 1. The average molecular weight is 275 g/mol. The van der Waals surface area contributed by atoms with E-state index in [9.17, 15) is 0 Å². The maximum absolute atomic E-state index is 6.05. The molecule has 1 N–H and O–H groups in total. The van der Waals surface area contributed by atoms with Crippen LogP contribution in [0.4, 0.5) is 0 Å². The molecule has 0 aliphatic heterocycles. The number of ether oxygens (including phenoxy) is 1. The molecule has 2 nitrogen and oxygen atoms in total. The number of para-hydroxylation sites is 1. The maximum Gasteiger partial charge on any atom is 0.123 e. The molecule has 0 aromatic heterocycles. The highest BCUT2D eigenvalue weighted by molar-refractivity contribution is 5.37. The summed E-state index contributed by atoms with van der Waals surface area (Å²) in [4.78, 5) is 0. The van der Waals surface area contributed by atoms with Gasteiger partial charge in [0.15, 0.2) is 0 Å². The second-order valence-electron chi connectivity index (χ2n) is 6.27. The number of rotatable bonds is 5. The molecular weight excluding hydrogens is 246 g/mol. The van der Waals surface area contributed by atoms with Crippen molar-refractivity contribution in [2.45, 2.75) is 58.0 Å². The molecule has 0 saturated heterocycles. The van der Waals surface area contributed by atoms with Crippen LogP contribution >= 0.6 is 0 Å². The molecule has 1 aromatic rings. The van der Waals surface area contributed by atoms with Crippen molar-refractivity contribution in [1.82, 2.24) is 5.32 Å². The predicted molar refractivity (Wildman–Crippen MR) is 85.4 cm³/mol. The Morgan fingerprint density at radius 2 is 1.90 bits per heavy atom. The Balaban J connectivity index is 2.25. The number of hydrogen-bond acceptors (Lipinski definition) is 2. The molecule has 1 fully saturated rings. The Morgan fingerprint density at radius 1 is 1.15 bits per heavy atom. The molecule has 20 heavy (non-hydrogen) atoms. The van der Waals surface area contributed by atoms with Crippen molar-refractivity contribution in [3.05, 3.63) is 29.8 Å². The first kappa shape index (κ1) is 15.4. The summed E-state index contributed by atoms with van der Waals surface area (Å²) in [6.45, 7) is 5.32. The van der Waals surface area contributed by atoms with Gasteiger partial charge in [-0.25, -0.2) is 0 Å². The monoisotopic (exact) mass is 275 g/mol. The molecule has 0 spiro atoms. The van der Waals surface area contributed by atoms with Crippen LogP contribution in [0.25, 0.3) is 0 Å². The lowest BCUT2D eigenvalue weighted by Crippen LogP contribution is -2.24. The Kier molecular flexibility index (Phi) is 5.90. The zero-order chi connectivity index (χ0) is 14.4. The Hall–Kier alpha value is -1.02. The molecule has 0 radical (unpaired) electrons. The lowest BCUT2D eigenvalue weighted by atomic mass is 9.82. The lowest BCUT2D eigenvalue weighted by molar-refractivity contribution is 0.235. The van der Waals surface area contributed by atoms with E-state index in [-0.39, 0.29) is 6.10 Å². The summed E-state index contributed by atoms with van der Waals surface area (Å²) in [6, 6.07) is 8.65. The van der Waals surface area contributed by atoms with Crippen LogP contribution in [0.5, 0.6) is 5.75 Å². The molecule has 2 rings (SSSR count). The minimum Gasteiger partial charge on any atom is -0.491 e. The largest absolute Gasteiger partial charge is 0.491 e. The molecule has 0 heterocycles. The molecule has 2 heteroatoms. The van der Waals surface area contributed by atoms with E-state index >= 15 is 0 Å². The first-order valence-corrected chi connectivity index (χ1v) is 8.12. The van der Waals surface area contributed by atoms with Crippen LogP contribution in [0.2, 0.25) is 0 Å². The second-order valence-corrected chi connectivity index (χ2v) is 6.27. The Labute approximate surface area is 123 Å². The van der Waals surface area contributed by atoms with Crippen molar-refractivity contribution < 1.29 is 4.74 Å². The van der Waals surface area contributed by atoms with Crippen LogP contribution in [-0.4, -0.2) is 19.7 Å². The minimum absolute atomic E-state index is 0.240. The van der Waals surface area contributed by atoms with Crippen LogP contribution < -0.4 is 10.1 Å². The molecule has 1 aromatic carbocycles. The second kappa shape index (κ2) is 7.68. The average Bonchev–Trinajstić information content (AvgIpc) is 2.65. The van der Waals surface area contributed by atoms with E-state index in [1.165, 1.54) is 37.7 Å². The van der Waals surface area contributed by atoms with E-state index < -0.39 is 0 Å². The van der Waals surface area contributed by atoms with Gasteiger partial charge in [-0.05, 0) is 63.7 Å². The van der Waals surface area contributed by atoms with Gasteiger partial charge < -0.3 is 10.1 Å². The van der Waals surface area contributed by atoms with Gasteiger partial charge in [-0.15, -0.1) is 0 Å². The number of nitrogens with one attached hydrogen (secondary N) is 1. The van der Waals surface area contributed by atoms with Crippen molar-refractivity contribution in [3.63, 3.8) is 0 Å². The van der Waals surface area contributed by atoms with E-state index in [0.717, 1.165) is 18.2 Å². The van der Waals surface area contributed by atoms with Gasteiger partial charge in [0.25, 0.3) is 0 Å². The van der Waals surface area contributed by atoms with Gasteiger partial charge in [0, 0.05) is 0 Å². The van der Waals surface area contributed by atoms with Crippen LogP contribution in [0, 0.1) is 5.92 Å². The van der Waals surface area contributed by atoms with Crippen molar-refractivity contribution in [3.8, 4) is 5.75 Å². The van der Waals surface area contributed by atoms with E-state index in [0.29, 0.717) is 5.92 Å². The fourth-order valence-corrected chi connectivity index (χ4v) is 3.45. The van der Waals surface area contributed by atoms with Gasteiger partial charge in [-0.2, -0.15) is 0 Å². The highest BCUT2D eigenvalue weighted by Gasteiger charge is 2.27. The van der Waals surface area contributed by atoms with Gasteiger partial charge in [0.2, 0.25) is 0 Å². The molecule has 0 bridgehead atoms. The first-order valence-electron chi connectivity index (χ1n) is 8.12. The van der Waals surface area contributed by atoms with Gasteiger partial charge in [0.1, 0.15) is 5.75 Å². The third-order valence-corrected chi connectivity index (χ3v) is 4.31. The topological polar surface area (TPSA) is 21.3 Å². The van der Waals surface area contributed by atoms with Crippen molar-refractivity contribution in [1.29, 1.82) is 0 Å². The van der Waals surface area contributed by atoms with Crippen LogP contribution in [0.1, 0.15) is 57.4 Å². The minimum atomic E-state index is 0.240. The highest BCUT2D eigenvalue weighted by Crippen LogP contribution is 2.40. The van der Waals surface area contributed by atoms with Gasteiger partial charge in [-0.1, -0.05) is 37.5 Å². The summed E-state index contributed by atoms with van der Waals surface area (Å²) in [5.74, 6) is 2.47. The normalized spacial score (nSPS) is 23.6. The molecule has 1 aliphatic rings. The standard InChI is InChI=1S/C18H29NO/c1-14(2)20-18-12-8-7-11-17(18)16-10-6-4-5-9-15(16)13-19-3/h7-8,11-12,14-16,19H,4-6,9-10,13H2,1-3H3. The van der Waals surface area contributed by atoms with E-state index in [1.54, 1.807) is 0 Å². The zero-order valence-corrected chi connectivity index (χ0v) is 13.2. The fraction of sp³-hybridized carbons (Fsp3) is 0.667.